The Morgan fingerprint density at radius 2 is 2.12 bits per heavy atom. The van der Waals surface area contributed by atoms with Crippen LogP contribution in [0.5, 0.6) is 0 Å². The van der Waals surface area contributed by atoms with Gasteiger partial charge < -0.3 is 10.8 Å². The van der Waals surface area contributed by atoms with Gasteiger partial charge in [0.2, 0.25) is 0 Å². The molecule has 1 aromatic rings. The number of carboxylic acid groups (broad SMARTS) is 1. The number of nitrogens with two attached hydrogens (primary N) is 1. The molecule has 1 atom stereocenters. The van der Waals surface area contributed by atoms with Crippen LogP contribution in [-0.2, 0) is 5.41 Å². The Kier molecular flexibility index (Phi) is 3.31. The Morgan fingerprint density at radius 3 is 2.69 bits per heavy atom. The van der Waals surface area contributed by atoms with Gasteiger partial charge in [-0.05, 0) is 35.1 Å². The third-order valence-electron chi connectivity index (χ3n) is 3.16. The van der Waals surface area contributed by atoms with E-state index in [1.165, 1.54) is 5.56 Å². The molecule has 0 aromatic heterocycles. The van der Waals surface area contributed by atoms with Gasteiger partial charge in [-0.1, -0.05) is 19.9 Å². The first kappa shape index (κ1) is 13.0. The Balaban J connectivity index is 0.00000128. The van der Waals surface area contributed by atoms with Crippen LogP contribution in [0.15, 0.2) is 18.2 Å². The topological polar surface area (TPSA) is 63.3 Å². The predicted molar refractivity (Wildman–Crippen MR) is 65.2 cm³/mol. The van der Waals surface area contributed by atoms with E-state index in [2.05, 4.69) is 13.8 Å². The van der Waals surface area contributed by atoms with Crippen LogP contribution in [0.25, 0.3) is 0 Å². The molecule has 1 unspecified atom stereocenters. The summed E-state index contributed by atoms with van der Waals surface area (Å²) in [5.41, 5.74) is 8.55. The zero-order valence-corrected chi connectivity index (χ0v) is 10.2. The number of hydrogen-bond acceptors (Lipinski definition) is 2. The summed E-state index contributed by atoms with van der Waals surface area (Å²) >= 11 is 0. The van der Waals surface area contributed by atoms with Crippen LogP contribution in [0.1, 0.15) is 47.8 Å². The second-order valence-corrected chi connectivity index (χ2v) is 4.80. The van der Waals surface area contributed by atoms with Crippen LogP contribution in [-0.4, -0.2) is 11.1 Å². The van der Waals surface area contributed by atoms with E-state index in [0.29, 0.717) is 5.56 Å². The van der Waals surface area contributed by atoms with Crippen molar-refractivity contribution < 1.29 is 9.90 Å². The van der Waals surface area contributed by atoms with E-state index in [9.17, 15) is 4.79 Å². The lowest BCUT2D eigenvalue weighted by atomic mass is 9.86. The highest BCUT2D eigenvalue weighted by Gasteiger charge is 2.35. The molecule has 1 aliphatic carbocycles. The molecule has 0 heterocycles. The maximum absolute atomic E-state index is 10.8. The average Bonchev–Trinajstić information content (AvgIpc) is 2.37. The maximum Gasteiger partial charge on any atom is 0.335 e. The minimum atomic E-state index is -0.894. The Hall–Kier alpha value is -1.06. The Morgan fingerprint density at radius 1 is 1.50 bits per heavy atom. The molecular formula is C12H16ClNO2. The van der Waals surface area contributed by atoms with Crippen molar-refractivity contribution in [2.24, 2.45) is 5.73 Å². The van der Waals surface area contributed by atoms with Crippen molar-refractivity contribution in [2.75, 3.05) is 0 Å². The van der Waals surface area contributed by atoms with E-state index < -0.39 is 5.97 Å². The van der Waals surface area contributed by atoms with E-state index in [1.807, 2.05) is 6.07 Å². The molecule has 0 fully saturated rings. The third kappa shape index (κ3) is 1.93. The van der Waals surface area contributed by atoms with E-state index in [1.54, 1.807) is 12.1 Å². The SMILES string of the molecule is CC1(C)CC(N)c2cc(C(=O)O)ccc21.Cl. The largest absolute Gasteiger partial charge is 0.478 e. The maximum atomic E-state index is 10.8. The zero-order valence-electron chi connectivity index (χ0n) is 9.36. The number of fused-ring (bicyclic) bond motifs is 1. The minimum Gasteiger partial charge on any atom is -0.478 e. The number of halogens is 1. The van der Waals surface area contributed by atoms with Crippen molar-refractivity contribution in [3.63, 3.8) is 0 Å². The van der Waals surface area contributed by atoms with Crippen LogP contribution < -0.4 is 5.73 Å². The molecule has 0 radical (unpaired) electrons. The molecule has 88 valence electrons. The van der Waals surface area contributed by atoms with Crippen molar-refractivity contribution in [2.45, 2.75) is 31.7 Å². The second kappa shape index (κ2) is 4.07. The third-order valence-corrected chi connectivity index (χ3v) is 3.16. The lowest BCUT2D eigenvalue weighted by molar-refractivity contribution is 0.0696. The van der Waals surface area contributed by atoms with Gasteiger partial charge in [0.1, 0.15) is 0 Å². The van der Waals surface area contributed by atoms with Gasteiger partial charge in [-0.2, -0.15) is 0 Å². The highest BCUT2D eigenvalue weighted by Crippen LogP contribution is 2.43. The fourth-order valence-corrected chi connectivity index (χ4v) is 2.39. The summed E-state index contributed by atoms with van der Waals surface area (Å²) in [6.45, 7) is 4.28. The van der Waals surface area contributed by atoms with Crippen LogP contribution >= 0.6 is 12.4 Å². The standard InChI is InChI=1S/C12H15NO2.ClH/c1-12(2)6-10(13)8-5-7(11(14)15)3-4-9(8)12;/h3-5,10H,6,13H2,1-2H3,(H,14,15);1H. The van der Waals surface area contributed by atoms with Gasteiger partial charge in [-0.3, -0.25) is 0 Å². The van der Waals surface area contributed by atoms with Crippen molar-refractivity contribution in [1.29, 1.82) is 0 Å². The average molecular weight is 242 g/mol. The summed E-state index contributed by atoms with van der Waals surface area (Å²) < 4.78 is 0. The Bertz CT molecular complexity index is 429. The predicted octanol–water partition coefficient (Wildman–Crippen LogP) is 2.49. The van der Waals surface area contributed by atoms with Crippen molar-refractivity contribution in [1.82, 2.24) is 0 Å². The number of hydrogen-bond donors (Lipinski definition) is 2. The number of benzene rings is 1. The first-order chi connectivity index (χ1) is 6.92. The summed E-state index contributed by atoms with van der Waals surface area (Å²) in [5, 5.41) is 8.89. The lowest BCUT2D eigenvalue weighted by Gasteiger charge is -2.18. The van der Waals surface area contributed by atoms with Gasteiger partial charge in [-0.25, -0.2) is 4.79 Å². The first-order valence-electron chi connectivity index (χ1n) is 5.05. The number of rotatable bonds is 1. The normalized spacial score (nSPS) is 21.1. The summed E-state index contributed by atoms with van der Waals surface area (Å²) in [7, 11) is 0. The summed E-state index contributed by atoms with van der Waals surface area (Å²) in [5.74, 6) is -0.894. The van der Waals surface area contributed by atoms with Crippen LogP contribution in [0, 0.1) is 0 Å². The van der Waals surface area contributed by atoms with Crippen molar-refractivity contribution in [3.05, 3.63) is 34.9 Å². The monoisotopic (exact) mass is 241 g/mol. The summed E-state index contributed by atoms with van der Waals surface area (Å²) in [4.78, 5) is 10.8. The molecule has 0 saturated heterocycles. The van der Waals surface area contributed by atoms with E-state index in [4.69, 9.17) is 10.8 Å². The molecule has 1 aromatic carbocycles. The molecule has 0 spiro atoms. The molecule has 0 aliphatic heterocycles. The Labute approximate surface area is 101 Å². The molecule has 16 heavy (non-hydrogen) atoms. The fraction of sp³-hybridized carbons (Fsp3) is 0.417. The molecule has 0 bridgehead atoms. The fourth-order valence-electron chi connectivity index (χ4n) is 2.39. The van der Waals surface area contributed by atoms with Gasteiger partial charge in [0.05, 0.1) is 5.56 Å². The molecule has 3 nitrogen and oxygen atoms in total. The van der Waals surface area contributed by atoms with Gasteiger partial charge in [-0.15, -0.1) is 12.4 Å². The summed E-state index contributed by atoms with van der Waals surface area (Å²) in [6, 6.07) is 5.22. The van der Waals surface area contributed by atoms with E-state index in [0.717, 1.165) is 12.0 Å². The molecule has 1 aliphatic rings. The highest BCUT2D eigenvalue weighted by molar-refractivity contribution is 5.88. The minimum absolute atomic E-state index is 0. The van der Waals surface area contributed by atoms with E-state index >= 15 is 0 Å². The highest BCUT2D eigenvalue weighted by atomic mass is 35.5. The van der Waals surface area contributed by atoms with Gasteiger partial charge >= 0.3 is 5.97 Å². The van der Waals surface area contributed by atoms with Crippen LogP contribution in [0.3, 0.4) is 0 Å². The van der Waals surface area contributed by atoms with Crippen molar-refractivity contribution >= 4 is 18.4 Å². The van der Waals surface area contributed by atoms with Crippen LogP contribution in [0.4, 0.5) is 0 Å². The molecular weight excluding hydrogens is 226 g/mol. The number of carboxylic acids is 1. The van der Waals surface area contributed by atoms with Crippen molar-refractivity contribution in [3.8, 4) is 0 Å². The molecule has 0 saturated carbocycles. The summed E-state index contributed by atoms with van der Waals surface area (Å²) in [6.07, 6.45) is 0.880. The number of aromatic carboxylic acids is 1. The molecule has 0 amide bonds. The zero-order chi connectivity index (χ0) is 11.2. The molecule has 2 rings (SSSR count). The smallest absolute Gasteiger partial charge is 0.335 e. The lowest BCUT2D eigenvalue weighted by Crippen LogP contribution is -2.14. The quantitative estimate of drug-likeness (QED) is 0.794. The molecule has 4 heteroatoms. The van der Waals surface area contributed by atoms with Gasteiger partial charge in [0.25, 0.3) is 0 Å². The second-order valence-electron chi connectivity index (χ2n) is 4.80. The first-order valence-corrected chi connectivity index (χ1v) is 5.05. The van der Waals surface area contributed by atoms with Crippen LogP contribution in [0.2, 0.25) is 0 Å². The van der Waals surface area contributed by atoms with Gasteiger partial charge in [0.15, 0.2) is 0 Å². The van der Waals surface area contributed by atoms with E-state index in [-0.39, 0.29) is 23.9 Å². The molecule has 3 N–H and O–H groups in total. The van der Waals surface area contributed by atoms with Gasteiger partial charge in [0, 0.05) is 6.04 Å². The number of carbonyl (C=O) groups is 1.